The third-order valence-corrected chi connectivity index (χ3v) is 5.94. The van der Waals surface area contributed by atoms with E-state index in [4.69, 9.17) is 0 Å². The second-order valence-electron chi connectivity index (χ2n) is 8.32. The van der Waals surface area contributed by atoms with E-state index in [1.807, 2.05) is 12.5 Å². The number of likely N-dealkylation sites (tertiary alicyclic amines) is 1. The maximum atomic E-state index is 4.51. The molecule has 2 fully saturated rings. The van der Waals surface area contributed by atoms with Crippen molar-refractivity contribution < 1.29 is 0 Å². The summed E-state index contributed by atoms with van der Waals surface area (Å²) in [7, 11) is 2.13. The predicted octanol–water partition coefficient (Wildman–Crippen LogP) is 2.97. The van der Waals surface area contributed by atoms with Crippen LogP contribution in [0.1, 0.15) is 68.7 Å². The fraction of sp³-hybridized carbons (Fsp3) is 0.700. The highest BCUT2D eigenvalue weighted by atomic mass is 15.2. The van der Waals surface area contributed by atoms with Gasteiger partial charge in [-0.1, -0.05) is 13.8 Å². The molecule has 1 aliphatic heterocycles. The molecule has 2 aromatic rings. The van der Waals surface area contributed by atoms with Crippen molar-refractivity contribution in [2.24, 2.45) is 13.0 Å². The summed E-state index contributed by atoms with van der Waals surface area (Å²) >= 11 is 0. The number of hydrogen-bond acceptors (Lipinski definition) is 4. The summed E-state index contributed by atoms with van der Waals surface area (Å²) in [5.41, 5.74) is 2.58. The Hall–Kier alpha value is -1.66. The number of nitrogens with one attached hydrogen (secondary N) is 2. The molecule has 2 N–H and O–H groups in total. The summed E-state index contributed by atoms with van der Waals surface area (Å²) < 4.78 is 2.21. The van der Waals surface area contributed by atoms with E-state index in [9.17, 15) is 0 Å². The molecule has 6 heteroatoms. The zero-order valence-electron chi connectivity index (χ0n) is 16.3. The van der Waals surface area contributed by atoms with Crippen molar-refractivity contribution in [3.8, 4) is 0 Å². The first kappa shape index (κ1) is 17.7. The molecule has 0 aromatic carbocycles. The first-order valence-electron chi connectivity index (χ1n) is 10.1. The zero-order chi connectivity index (χ0) is 18.1. The Morgan fingerprint density at radius 1 is 1.27 bits per heavy atom. The standard InChI is InChI=1S/C20H32N6/c1-14(2)17-10-23-19(24-17)12-21-9-15-5-4-8-26(16-6-7-16)20(15)18-11-22-13-25(18)3/h10-11,13-16,20-21H,4-9,12H2,1-3H3,(H,23,24)/t15-,20+/m0/s1. The highest BCUT2D eigenvalue weighted by molar-refractivity contribution is 5.11. The second-order valence-corrected chi connectivity index (χ2v) is 8.32. The summed E-state index contributed by atoms with van der Waals surface area (Å²) in [5, 5.41) is 3.66. The molecule has 2 aromatic heterocycles. The van der Waals surface area contributed by atoms with Crippen molar-refractivity contribution in [1.82, 2.24) is 29.7 Å². The Labute approximate surface area is 156 Å². The molecule has 0 spiro atoms. The van der Waals surface area contributed by atoms with Gasteiger partial charge < -0.3 is 14.9 Å². The van der Waals surface area contributed by atoms with Crippen LogP contribution in [0.4, 0.5) is 0 Å². The number of imidazole rings is 2. The third-order valence-electron chi connectivity index (χ3n) is 5.94. The van der Waals surface area contributed by atoms with Crippen LogP contribution in [0.25, 0.3) is 0 Å². The molecule has 3 heterocycles. The minimum Gasteiger partial charge on any atom is -0.345 e. The molecule has 26 heavy (non-hydrogen) atoms. The lowest BCUT2D eigenvalue weighted by molar-refractivity contribution is 0.0784. The minimum absolute atomic E-state index is 0.485. The highest BCUT2D eigenvalue weighted by Crippen LogP contribution is 2.42. The van der Waals surface area contributed by atoms with Gasteiger partial charge in [-0.05, 0) is 44.1 Å². The molecule has 0 amide bonds. The van der Waals surface area contributed by atoms with Gasteiger partial charge in [0.25, 0.3) is 0 Å². The summed E-state index contributed by atoms with van der Waals surface area (Å²) in [4.78, 5) is 15.1. The molecule has 0 bridgehead atoms. The first-order chi connectivity index (χ1) is 12.6. The third kappa shape index (κ3) is 3.71. The van der Waals surface area contributed by atoms with Crippen LogP contribution < -0.4 is 5.32 Å². The van der Waals surface area contributed by atoms with Gasteiger partial charge >= 0.3 is 0 Å². The van der Waals surface area contributed by atoms with E-state index in [-0.39, 0.29) is 0 Å². The van der Waals surface area contributed by atoms with Gasteiger partial charge in [0.1, 0.15) is 5.82 Å². The molecule has 1 saturated heterocycles. The van der Waals surface area contributed by atoms with E-state index in [2.05, 4.69) is 56.8 Å². The lowest BCUT2D eigenvalue weighted by Gasteiger charge is -2.42. The maximum absolute atomic E-state index is 4.51. The monoisotopic (exact) mass is 356 g/mol. The van der Waals surface area contributed by atoms with Crippen molar-refractivity contribution in [3.63, 3.8) is 0 Å². The Morgan fingerprint density at radius 2 is 2.12 bits per heavy atom. The van der Waals surface area contributed by atoms with Gasteiger partial charge in [0.2, 0.25) is 0 Å². The fourth-order valence-corrected chi connectivity index (χ4v) is 4.34. The Morgan fingerprint density at radius 3 is 2.77 bits per heavy atom. The molecule has 1 aliphatic carbocycles. The van der Waals surface area contributed by atoms with Crippen LogP contribution in [0.3, 0.4) is 0 Å². The Bertz CT molecular complexity index is 713. The van der Waals surface area contributed by atoms with Gasteiger partial charge in [-0.25, -0.2) is 9.97 Å². The molecular weight excluding hydrogens is 324 g/mol. The van der Waals surface area contributed by atoms with Gasteiger partial charge in [0.05, 0.1) is 24.6 Å². The van der Waals surface area contributed by atoms with Crippen LogP contribution in [-0.4, -0.2) is 43.6 Å². The second kappa shape index (κ2) is 7.53. The van der Waals surface area contributed by atoms with E-state index in [0.717, 1.165) is 25.0 Å². The molecule has 6 nitrogen and oxygen atoms in total. The smallest absolute Gasteiger partial charge is 0.120 e. The van der Waals surface area contributed by atoms with Crippen molar-refractivity contribution in [2.45, 2.75) is 64.1 Å². The van der Waals surface area contributed by atoms with Gasteiger partial charge in [-0.15, -0.1) is 0 Å². The van der Waals surface area contributed by atoms with Crippen molar-refractivity contribution in [2.75, 3.05) is 13.1 Å². The zero-order valence-corrected chi connectivity index (χ0v) is 16.3. The number of piperidine rings is 1. The van der Waals surface area contributed by atoms with Crippen LogP contribution >= 0.6 is 0 Å². The highest BCUT2D eigenvalue weighted by Gasteiger charge is 2.41. The molecule has 1 saturated carbocycles. The van der Waals surface area contributed by atoms with Crippen LogP contribution in [0, 0.1) is 5.92 Å². The molecule has 2 atom stereocenters. The Balaban J connectivity index is 1.42. The number of aromatic amines is 1. The summed E-state index contributed by atoms with van der Waals surface area (Å²) in [6.07, 6.45) is 11.3. The first-order valence-corrected chi connectivity index (χ1v) is 10.1. The van der Waals surface area contributed by atoms with Crippen LogP contribution in [-0.2, 0) is 13.6 Å². The maximum Gasteiger partial charge on any atom is 0.120 e. The van der Waals surface area contributed by atoms with Crippen LogP contribution in [0.5, 0.6) is 0 Å². The number of H-pyrrole nitrogens is 1. The molecule has 4 rings (SSSR count). The fourth-order valence-electron chi connectivity index (χ4n) is 4.34. The summed E-state index contributed by atoms with van der Waals surface area (Å²) in [5.74, 6) is 2.16. The molecular formula is C20H32N6. The normalized spacial score (nSPS) is 24.5. The molecule has 0 unspecified atom stereocenters. The Kier molecular flexibility index (Phi) is 5.14. The van der Waals surface area contributed by atoms with E-state index in [0.29, 0.717) is 17.9 Å². The lowest BCUT2D eigenvalue weighted by Crippen LogP contribution is -2.44. The quantitative estimate of drug-likeness (QED) is 0.801. The van der Waals surface area contributed by atoms with Crippen molar-refractivity contribution in [3.05, 3.63) is 35.9 Å². The largest absolute Gasteiger partial charge is 0.345 e. The lowest BCUT2D eigenvalue weighted by atomic mass is 9.86. The van der Waals surface area contributed by atoms with E-state index in [1.165, 1.54) is 43.6 Å². The van der Waals surface area contributed by atoms with Crippen LogP contribution in [0.2, 0.25) is 0 Å². The topological polar surface area (TPSA) is 61.8 Å². The SMILES string of the molecule is CC(C)c1cnc(CNC[C@@H]2CCCN(C3CC3)[C@H]2c2cncn2C)[nH]1. The van der Waals surface area contributed by atoms with E-state index < -0.39 is 0 Å². The van der Waals surface area contributed by atoms with Gasteiger partial charge in [-0.2, -0.15) is 0 Å². The van der Waals surface area contributed by atoms with Gasteiger partial charge in [-0.3, -0.25) is 4.90 Å². The van der Waals surface area contributed by atoms with Gasteiger partial charge in [0, 0.05) is 37.7 Å². The number of nitrogens with zero attached hydrogens (tertiary/aromatic N) is 4. The average molecular weight is 357 g/mol. The minimum atomic E-state index is 0.485. The number of aromatic nitrogens is 4. The predicted molar refractivity (Wildman–Crippen MR) is 103 cm³/mol. The van der Waals surface area contributed by atoms with Crippen molar-refractivity contribution in [1.29, 1.82) is 0 Å². The number of rotatable bonds is 7. The number of aryl methyl sites for hydroxylation is 1. The molecule has 142 valence electrons. The number of hydrogen-bond donors (Lipinski definition) is 2. The molecule has 2 aliphatic rings. The van der Waals surface area contributed by atoms with Crippen molar-refractivity contribution >= 4 is 0 Å². The van der Waals surface area contributed by atoms with E-state index >= 15 is 0 Å². The van der Waals surface area contributed by atoms with Gasteiger partial charge in [0.15, 0.2) is 0 Å². The van der Waals surface area contributed by atoms with E-state index in [1.54, 1.807) is 0 Å². The average Bonchev–Trinajstić information content (AvgIpc) is 3.21. The summed E-state index contributed by atoms with van der Waals surface area (Å²) in [6, 6.07) is 1.27. The molecule has 0 radical (unpaired) electrons. The van der Waals surface area contributed by atoms with Crippen LogP contribution in [0.15, 0.2) is 18.7 Å². The summed E-state index contributed by atoms with van der Waals surface area (Å²) in [6.45, 7) is 7.45.